The fourth-order valence-corrected chi connectivity index (χ4v) is 3.23. The van der Waals surface area contributed by atoms with Crippen LogP contribution in [0.5, 0.6) is 11.5 Å². The fourth-order valence-electron chi connectivity index (χ4n) is 2.86. The van der Waals surface area contributed by atoms with E-state index >= 15 is 0 Å². The van der Waals surface area contributed by atoms with E-state index in [-0.39, 0.29) is 24.4 Å². The summed E-state index contributed by atoms with van der Waals surface area (Å²) in [5.41, 5.74) is 1.05. The maximum atomic E-state index is 12.6. The van der Waals surface area contributed by atoms with Gasteiger partial charge >= 0.3 is 0 Å². The van der Waals surface area contributed by atoms with E-state index < -0.39 is 0 Å². The van der Waals surface area contributed by atoms with Crippen LogP contribution < -0.4 is 20.3 Å². The molecular weight excluding hydrogens is 438 g/mol. The molecule has 0 radical (unpaired) electrons. The van der Waals surface area contributed by atoms with Crippen molar-refractivity contribution in [3.05, 3.63) is 57.6 Å². The van der Waals surface area contributed by atoms with Crippen LogP contribution in [0.2, 0.25) is 0 Å². The lowest BCUT2D eigenvalue weighted by Gasteiger charge is -2.13. The first-order valence-electron chi connectivity index (χ1n) is 9.36. The molecule has 1 amide bonds. The van der Waals surface area contributed by atoms with E-state index in [1.165, 1.54) is 10.9 Å². The second-order valence-corrected chi connectivity index (χ2v) is 7.15. The van der Waals surface area contributed by atoms with Crippen LogP contribution in [-0.2, 0) is 11.3 Å². The minimum Gasteiger partial charge on any atom is -0.490 e. The smallest absolute Gasteiger partial charge is 0.261 e. The van der Waals surface area contributed by atoms with Gasteiger partial charge in [-0.15, -0.1) is 0 Å². The molecule has 29 heavy (non-hydrogen) atoms. The lowest BCUT2D eigenvalue weighted by molar-refractivity contribution is -0.116. The molecule has 1 N–H and O–H groups in total. The number of aryl methyl sites for hydroxylation is 1. The van der Waals surface area contributed by atoms with Crippen LogP contribution in [0.1, 0.15) is 20.3 Å². The lowest BCUT2D eigenvalue weighted by atomic mass is 10.2. The Balaban J connectivity index is 1.69. The normalized spacial score (nSPS) is 10.7. The Hall–Kier alpha value is -2.87. The monoisotopic (exact) mass is 459 g/mol. The van der Waals surface area contributed by atoms with Gasteiger partial charge in [0, 0.05) is 29.2 Å². The lowest BCUT2D eigenvalue weighted by Crippen LogP contribution is -2.23. The average Bonchev–Trinajstić information content (AvgIpc) is 2.70. The Morgan fingerprint density at radius 3 is 2.62 bits per heavy atom. The number of carbonyl (C=O) groups excluding carboxylic acids is 1. The molecule has 0 atom stereocenters. The number of carbonyl (C=O) groups is 1. The highest BCUT2D eigenvalue weighted by Gasteiger charge is 2.10. The van der Waals surface area contributed by atoms with Crippen molar-refractivity contribution in [2.24, 2.45) is 0 Å². The molecule has 0 saturated carbocycles. The zero-order valence-electron chi connectivity index (χ0n) is 16.3. The van der Waals surface area contributed by atoms with Crippen molar-refractivity contribution in [3.63, 3.8) is 0 Å². The molecule has 152 valence electrons. The van der Waals surface area contributed by atoms with Crippen molar-refractivity contribution in [1.82, 2.24) is 9.55 Å². The van der Waals surface area contributed by atoms with Crippen molar-refractivity contribution >= 4 is 38.4 Å². The number of fused-ring (bicyclic) bond motifs is 1. The molecule has 7 nitrogen and oxygen atoms in total. The SMILES string of the molecule is CCOc1ccc(NC(=O)CCn2cnc3ccc(Br)cc3c2=O)cc1OCC. The number of amides is 1. The number of benzene rings is 2. The van der Waals surface area contributed by atoms with Gasteiger partial charge in [-0.25, -0.2) is 4.98 Å². The molecular formula is C21H22BrN3O4. The summed E-state index contributed by atoms with van der Waals surface area (Å²) in [4.78, 5) is 29.3. The van der Waals surface area contributed by atoms with Gasteiger partial charge in [-0.3, -0.25) is 14.2 Å². The Morgan fingerprint density at radius 1 is 1.10 bits per heavy atom. The van der Waals surface area contributed by atoms with E-state index in [1.807, 2.05) is 19.9 Å². The average molecular weight is 460 g/mol. The molecule has 0 aliphatic carbocycles. The quantitative estimate of drug-likeness (QED) is 0.550. The molecule has 3 aromatic rings. The summed E-state index contributed by atoms with van der Waals surface area (Å²) in [5, 5.41) is 3.34. The van der Waals surface area contributed by atoms with Crippen molar-refractivity contribution in [2.45, 2.75) is 26.8 Å². The molecule has 0 aliphatic heterocycles. The second kappa shape index (κ2) is 9.56. The summed E-state index contributed by atoms with van der Waals surface area (Å²) in [6.45, 7) is 5.03. The summed E-state index contributed by atoms with van der Waals surface area (Å²) < 4.78 is 13.3. The van der Waals surface area contributed by atoms with Crippen LogP contribution in [0.4, 0.5) is 5.69 Å². The Labute approximate surface area is 176 Å². The third-order valence-electron chi connectivity index (χ3n) is 4.19. The van der Waals surface area contributed by atoms with Crippen LogP contribution in [0.3, 0.4) is 0 Å². The van der Waals surface area contributed by atoms with Crippen molar-refractivity contribution in [2.75, 3.05) is 18.5 Å². The van der Waals surface area contributed by atoms with Crippen LogP contribution in [-0.4, -0.2) is 28.7 Å². The van der Waals surface area contributed by atoms with Gasteiger partial charge in [0.05, 0.1) is 30.4 Å². The minimum atomic E-state index is -0.210. The van der Waals surface area contributed by atoms with E-state index in [4.69, 9.17) is 9.47 Å². The number of nitrogens with zero attached hydrogens (tertiary/aromatic N) is 2. The zero-order valence-corrected chi connectivity index (χ0v) is 17.9. The summed E-state index contributed by atoms with van der Waals surface area (Å²) >= 11 is 3.36. The van der Waals surface area contributed by atoms with Crippen molar-refractivity contribution in [1.29, 1.82) is 0 Å². The van der Waals surface area contributed by atoms with Crippen LogP contribution >= 0.6 is 15.9 Å². The first-order chi connectivity index (χ1) is 14.0. The van der Waals surface area contributed by atoms with Crippen molar-refractivity contribution < 1.29 is 14.3 Å². The molecule has 0 unspecified atom stereocenters. The number of rotatable bonds is 8. The summed E-state index contributed by atoms with van der Waals surface area (Å²) in [5.74, 6) is 0.998. The van der Waals surface area contributed by atoms with Gasteiger partial charge < -0.3 is 14.8 Å². The van der Waals surface area contributed by atoms with Gasteiger partial charge in [-0.05, 0) is 44.2 Å². The molecule has 0 aliphatic rings. The maximum Gasteiger partial charge on any atom is 0.261 e. The molecule has 1 heterocycles. The predicted octanol–water partition coefficient (Wildman–Crippen LogP) is 3.99. The number of ether oxygens (including phenoxy) is 2. The van der Waals surface area contributed by atoms with Gasteiger partial charge in [-0.1, -0.05) is 15.9 Å². The van der Waals surface area contributed by atoms with E-state index in [9.17, 15) is 9.59 Å². The molecule has 0 fully saturated rings. The molecule has 1 aromatic heterocycles. The van der Waals surface area contributed by atoms with Crippen LogP contribution in [0.25, 0.3) is 10.9 Å². The Bertz CT molecular complexity index is 1080. The third-order valence-corrected chi connectivity index (χ3v) is 4.69. The highest BCUT2D eigenvalue weighted by molar-refractivity contribution is 9.10. The van der Waals surface area contributed by atoms with Gasteiger partial charge in [-0.2, -0.15) is 0 Å². The number of aromatic nitrogens is 2. The molecule has 2 aromatic carbocycles. The largest absolute Gasteiger partial charge is 0.490 e. The molecule has 3 rings (SSSR count). The van der Waals surface area contributed by atoms with E-state index in [0.29, 0.717) is 41.3 Å². The molecule has 0 bridgehead atoms. The minimum absolute atomic E-state index is 0.137. The summed E-state index contributed by atoms with van der Waals surface area (Å²) in [7, 11) is 0. The van der Waals surface area contributed by atoms with Gasteiger partial charge in [0.1, 0.15) is 0 Å². The highest BCUT2D eigenvalue weighted by Crippen LogP contribution is 2.30. The third kappa shape index (κ3) is 5.14. The fraction of sp³-hybridized carbons (Fsp3) is 0.286. The van der Waals surface area contributed by atoms with Gasteiger partial charge in [0.25, 0.3) is 5.56 Å². The number of nitrogens with one attached hydrogen (secondary N) is 1. The molecule has 8 heteroatoms. The first-order valence-corrected chi connectivity index (χ1v) is 10.1. The van der Waals surface area contributed by atoms with E-state index in [1.54, 1.807) is 30.3 Å². The number of anilines is 1. The second-order valence-electron chi connectivity index (χ2n) is 6.23. The highest BCUT2D eigenvalue weighted by atomic mass is 79.9. The predicted molar refractivity (Wildman–Crippen MR) is 116 cm³/mol. The standard InChI is InChI=1S/C21H22BrN3O4/c1-3-28-18-8-6-15(12-19(18)29-4-2)24-20(26)9-10-25-13-23-17-7-5-14(22)11-16(17)21(25)27/h5-8,11-13H,3-4,9-10H2,1-2H3,(H,24,26). The molecule has 0 spiro atoms. The van der Waals surface area contributed by atoms with Crippen molar-refractivity contribution in [3.8, 4) is 11.5 Å². The number of hydrogen-bond donors (Lipinski definition) is 1. The van der Waals surface area contributed by atoms with Gasteiger partial charge in [0.15, 0.2) is 11.5 Å². The summed E-state index contributed by atoms with van der Waals surface area (Å²) in [6, 6.07) is 10.6. The number of hydrogen-bond acceptors (Lipinski definition) is 5. The van der Waals surface area contributed by atoms with E-state index in [0.717, 1.165) is 4.47 Å². The summed E-state index contributed by atoms with van der Waals surface area (Å²) in [6.07, 6.45) is 1.61. The maximum absolute atomic E-state index is 12.6. The van der Waals surface area contributed by atoms with Crippen LogP contribution in [0.15, 0.2) is 52.0 Å². The van der Waals surface area contributed by atoms with Gasteiger partial charge in [0.2, 0.25) is 5.91 Å². The topological polar surface area (TPSA) is 82.5 Å². The Morgan fingerprint density at radius 2 is 1.86 bits per heavy atom. The first kappa shape index (κ1) is 20.9. The number of halogens is 1. The molecule has 0 saturated heterocycles. The van der Waals surface area contributed by atoms with Crippen LogP contribution in [0, 0.1) is 0 Å². The Kier molecular flexibility index (Phi) is 6.87. The van der Waals surface area contributed by atoms with E-state index in [2.05, 4.69) is 26.2 Å². The zero-order chi connectivity index (χ0) is 20.8.